The molecule has 5 heteroatoms. The van der Waals surface area contributed by atoms with Crippen LogP contribution < -0.4 is 0 Å². The molecule has 0 aliphatic rings. The number of nitrogens with zero attached hydrogens (tertiary/aromatic N) is 5. The van der Waals surface area contributed by atoms with Crippen LogP contribution in [-0.2, 0) is 6.42 Å². The zero-order valence-electron chi connectivity index (χ0n) is 33.3. The fourth-order valence-electron chi connectivity index (χ4n) is 8.82. The minimum absolute atomic E-state index is 0.623. The number of rotatable bonds is 9. The third kappa shape index (κ3) is 6.23. The van der Waals surface area contributed by atoms with Crippen molar-refractivity contribution in [2.24, 2.45) is 0 Å². The summed E-state index contributed by atoms with van der Waals surface area (Å²) in [5.74, 6) is 1.89. The first kappa shape index (κ1) is 35.5. The van der Waals surface area contributed by atoms with Gasteiger partial charge in [0.1, 0.15) is 0 Å². The molecule has 0 aliphatic carbocycles. The molecule has 0 N–H and O–H groups in total. The van der Waals surface area contributed by atoms with Crippen molar-refractivity contribution in [3.8, 4) is 56.7 Å². The van der Waals surface area contributed by atoms with Crippen LogP contribution in [0.1, 0.15) is 25.3 Å². The van der Waals surface area contributed by atoms with Crippen molar-refractivity contribution in [2.75, 3.05) is 0 Å². The third-order valence-corrected chi connectivity index (χ3v) is 11.7. The quantitative estimate of drug-likeness (QED) is 0.147. The minimum Gasteiger partial charge on any atom is -0.309 e. The van der Waals surface area contributed by atoms with E-state index in [-0.39, 0.29) is 0 Å². The van der Waals surface area contributed by atoms with Crippen molar-refractivity contribution in [1.29, 1.82) is 0 Å². The van der Waals surface area contributed by atoms with Gasteiger partial charge in [-0.1, -0.05) is 153 Å². The highest BCUT2D eigenvalue weighted by Crippen LogP contribution is 2.40. The Labute approximate surface area is 348 Å². The Morgan fingerprint density at radius 1 is 0.350 bits per heavy atom. The summed E-state index contributed by atoms with van der Waals surface area (Å²) in [6.45, 7) is 2.26. The summed E-state index contributed by atoms with van der Waals surface area (Å²) >= 11 is 0. The molecule has 8 aromatic carbocycles. The number of hydrogen-bond donors (Lipinski definition) is 0. The first-order valence-electron chi connectivity index (χ1n) is 20.8. The topological polar surface area (TPSA) is 48.5 Å². The summed E-state index contributed by atoms with van der Waals surface area (Å²) in [6.07, 6.45) is 3.45. The molecule has 3 heterocycles. The van der Waals surface area contributed by atoms with E-state index in [9.17, 15) is 0 Å². The molecule has 0 saturated heterocycles. The molecule has 0 aliphatic heterocycles. The summed E-state index contributed by atoms with van der Waals surface area (Å²) in [5, 5.41) is 4.88. The molecule has 11 aromatic rings. The fraction of sp³-hybridized carbons (Fsp3) is 0.0727. The molecule has 0 atom stereocenters. The van der Waals surface area contributed by atoms with Crippen molar-refractivity contribution in [1.82, 2.24) is 24.1 Å². The standard InChI is InChI=1S/C55H41N5/c1-2-3-17-37-18-14-26-43(32-37)59-49-30-12-10-28-45(49)47-36-52-48(35-51(47)59)46-29-11-13-31-50(46)60(52)44-27-16-25-42(34-44)55-57-53(39-21-8-5-9-22-39)56-54(58-55)41-24-15-23-40(33-41)38-19-6-4-7-20-38/h4-16,18-36H,2-3,17H2,1H3. The highest BCUT2D eigenvalue weighted by atomic mass is 15.0. The lowest BCUT2D eigenvalue weighted by atomic mass is 10.0. The molecule has 5 nitrogen and oxygen atoms in total. The number of aromatic nitrogens is 5. The third-order valence-electron chi connectivity index (χ3n) is 11.7. The Bertz CT molecular complexity index is 3360. The molecule has 0 radical (unpaired) electrons. The molecule has 286 valence electrons. The van der Waals surface area contributed by atoms with Gasteiger partial charge in [-0.2, -0.15) is 0 Å². The largest absolute Gasteiger partial charge is 0.309 e. The predicted molar refractivity (Wildman–Crippen MR) is 249 cm³/mol. The molecule has 0 spiro atoms. The Kier molecular flexibility index (Phi) is 8.85. The second-order valence-corrected chi connectivity index (χ2v) is 15.5. The summed E-state index contributed by atoms with van der Waals surface area (Å²) in [6, 6.07) is 69.1. The second-order valence-electron chi connectivity index (χ2n) is 15.5. The van der Waals surface area contributed by atoms with Crippen LogP contribution in [0.2, 0.25) is 0 Å². The van der Waals surface area contributed by atoms with Gasteiger partial charge >= 0.3 is 0 Å². The number of unbranched alkanes of at least 4 members (excludes halogenated alkanes) is 1. The highest BCUT2D eigenvalue weighted by Gasteiger charge is 2.20. The van der Waals surface area contributed by atoms with E-state index in [0.717, 1.165) is 51.0 Å². The minimum atomic E-state index is 0.623. The summed E-state index contributed by atoms with van der Waals surface area (Å²) < 4.78 is 4.85. The van der Waals surface area contributed by atoms with Gasteiger partial charge in [0, 0.05) is 49.6 Å². The van der Waals surface area contributed by atoms with Gasteiger partial charge in [0.15, 0.2) is 17.5 Å². The average molecular weight is 772 g/mol. The SMILES string of the molecule is CCCCc1cccc(-n2c3ccccc3c3cc4c(cc32)c2ccccc2n4-c2cccc(-c3nc(-c4ccccc4)nc(-c4cccc(-c5ccccc5)c4)n3)c2)c1. The van der Waals surface area contributed by atoms with Gasteiger partial charge in [-0.25, -0.2) is 15.0 Å². The van der Waals surface area contributed by atoms with Crippen LogP contribution >= 0.6 is 0 Å². The molecule has 3 aromatic heterocycles. The smallest absolute Gasteiger partial charge is 0.164 e. The predicted octanol–water partition coefficient (Wildman–Crippen LogP) is 14.1. The highest BCUT2D eigenvalue weighted by molar-refractivity contribution is 6.19. The maximum Gasteiger partial charge on any atom is 0.164 e. The first-order chi connectivity index (χ1) is 29.7. The van der Waals surface area contributed by atoms with E-state index in [1.165, 1.54) is 56.7 Å². The molecule has 60 heavy (non-hydrogen) atoms. The Morgan fingerprint density at radius 2 is 0.817 bits per heavy atom. The summed E-state index contributed by atoms with van der Waals surface area (Å²) in [7, 11) is 0. The maximum atomic E-state index is 5.18. The van der Waals surface area contributed by atoms with Gasteiger partial charge in [-0.15, -0.1) is 0 Å². The number of para-hydroxylation sites is 2. The summed E-state index contributed by atoms with van der Waals surface area (Å²) in [4.78, 5) is 15.4. The van der Waals surface area contributed by atoms with Gasteiger partial charge in [-0.05, 0) is 84.1 Å². The van der Waals surface area contributed by atoms with Gasteiger partial charge in [0.25, 0.3) is 0 Å². The molecule has 0 fully saturated rings. The van der Waals surface area contributed by atoms with E-state index in [4.69, 9.17) is 15.0 Å². The normalized spacial score (nSPS) is 11.6. The number of benzene rings is 8. The first-order valence-corrected chi connectivity index (χ1v) is 20.8. The van der Waals surface area contributed by atoms with Gasteiger partial charge in [-0.3, -0.25) is 0 Å². The number of aryl methyl sites for hydroxylation is 1. The van der Waals surface area contributed by atoms with Crippen LogP contribution in [0, 0.1) is 0 Å². The molecular formula is C55H41N5. The van der Waals surface area contributed by atoms with E-state index in [0.29, 0.717) is 17.5 Å². The molecule has 0 amide bonds. The number of hydrogen-bond acceptors (Lipinski definition) is 3. The van der Waals surface area contributed by atoms with Gasteiger partial charge in [0.05, 0.1) is 22.1 Å². The molecular weight excluding hydrogens is 731 g/mol. The lowest BCUT2D eigenvalue weighted by Gasteiger charge is -2.12. The van der Waals surface area contributed by atoms with Gasteiger partial charge in [0.2, 0.25) is 0 Å². The van der Waals surface area contributed by atoms with E-state index < -0.39 is 0 Å². The van der Waals surface area contributed by atoms with Crippen LogP contribution in [0.3, 0.4) is 0 Å². The molecule has 0 saturated carbocycles. The van der Waals surface area contributed by atoms with Crippen LogP contribution in [0.25, 0.3) is 100 Å². The average Bonchev–Trinajstić information content (AvgIpc) is 3.82. The van der Waals surface area contributed by atoms with Crippen molar-refractivity contribution in [2.45, 2.75) is 26.2 Å². The number of fused-ring (bicyclic) bond motifs is 6. The van der Waals surface area contributed by atoms with E-state index in [2.05, 4.69) is 186 Å². The van der Waals surface area contributed by atoms with Crippen LogP contribution in [0.15, 0.2) is 194 Å². The molecule has 0 unspecified atom stereocenters. The molecule has 11 rings (SSSR count). The van der Waals surface area contributed by atoms with Crippen LogP contribution in [0.5, 0.6) is 0 Å². The Hall–Kier alpha value is -7.63. The fourth-order valence-corrected chi connectivity index (χ4v) is 8.82. The van der Waals surface area contributed by atoms with E-state index >= 15 is 0 Å². The van der Waals surface area contributed by atoms with Crippen LogP contribution in [0.4, 0.5) is 0 Å². The lowest BCUT2D eigenvalue weighted by molar-refractivity contribution is 0.794. The monoisotopic (exact) mass is 771 g/mol. The van der Waals surface area contributed by atoms with Crippen molar-refractivity contribution >= 4 is 43.6 Å². The zero-order chi connectivity index (χ0) is 40.0. The lowest BCUT2D eigenvalue weighted by Crippen LogP contribution is -2.01. The van der Waals surface area contributed by atoms with Crippen molar-refractivity contribution in [3.63, 3.8) is 0 Å². The second kappa shape index (κ2) is 14.9. The zero-order valence-corrected chi connectivity index (χ0v) is 33.3. The van der Waals surface area contributed by atoms with Crippen molar-refractivity contribution < 1.29 is 0 Å². The Balaban J connectivity index is 1.09. The molecule has 0 bridgehead atoms. The Morgan fingerprint density at radius 3 is 1.43 bits per heavy atom. The van der Waals surface area contributed by atoms with E-state index in [1.807, 2.05) is 24.3 Å². The van der Waals surface area contributed by atoms with Crippen molar-refractivity contribution in [3.05, 3.63) is 200 Å². The van der Waals surface area contributed by atoms with E-state index in [1.54, 1.807) is 0 Å². The summed E-state index contributed by atoms with van der Waals surface area (Å²) in [5.41, 5.74) is 13.4. The van der Waals surface area contributed by atoms with Gasteiger partial charge < -0.3 is 9.13 Å². The van der Waals surface area contributed by atoms with Crippen LogP contribution in [-0.4, -0.2) is 24.1 Å². The maximum absolute atomic E-state index is 5.18.